The highest BCUT2D eigenvalue weighted by atomic mass is 35.5. The summed E-state index contributed by atoms with van der Waals surface area (Å²) in [5.41, 5.74) is 0.216. The monoisotopic (exact) mass is 296 g/mol. The maximum Gasteiger partial charge on any atom is 0.295 e. The predicted molar refractivity (Wildman–Crippen MR) is 71.1 cm³/mol. The Morgan fingerprint density at radius 3 is 2.16 bits per heavy atom. The fourth-order valence-electron chi connectivity index (χ4n) is 1.64. The molecule has 2 rings (SSSR count). The molecule has 0 spiro atoms. The van der Waals surface area contributed by atoms with E-state index in [-0.39, 0.29) is 5.56 Å². The summed E-state index contributed by atoms with van der Waals surface area (Å²) in [5, 5.41) is 0.472. The average molecular weight is 297 g/mol. The number of halogens is 1. The number of benzene rings is 2. The van der Waals surface area contributed by atoms with Gasteiger partial charge >= 0.3 is 0 Å². The van der Waals surface area contributed by atoms with Gasteiger partial charge < -0.3 is 0 Å². The third kappa shape index (κ3) is 3.01. The van der Waals surface area contributed by atoms with Crippen molar-refractivity contribution < 1.29 is 17.8 Å². The van der Waals surface area contributed by atoms with Crippen molar-refractivity contribution in [1.82, 2.24) is 0 Å². The number of rotatable bonds is 3. The van der Waals surface area contributed by atoms with E-state index >= 15 is 0 Å². The molecule has 0 heterocycles. The Morgan fingerprint density at radius 2 is 1.58 bits per heavy atom. The first kappa shape index (κ1) is 13.7. The topological polar surface area (TPSA) is 71.4 Å². The van der Waals surface area contributed by atoms with Crippen molar-refractivity contribution in [3.8, 4) is 0 Å². The van der Waals surface area contributed by atoms with Crippen LogP contribution >= 0.6 is 11.6 Å². The summed E-state index contributed by atoms with van der Waals surface area (Å²) >= 11 is 5.72. The van der Waals surface area contributed by atoms with Crippen LogP contribution in [0.5, 0.6) is 0 Å². The molecule has 0 aliphatic rings. The van der Waals surface area contributed by atoms with Crippen LogP contribution in [-0.4, -0.2) is 18.8 Å². The summed E-state index contributed by atoms with van der Waals surface area (Å²) in [6, 6.07) is 11.5. The van der Waals surface area contributed by atoms with Crippen LogP contribution in [0.3, 0.4) is 0 Å². The van der Waals surface area contributed by atoms with Crippen molar-refractivity contribution in [3.63, 3.8) is 0 Å². The van der Waals surface area contributed by atoms with Crippen LogP contribution in [0.25, 0.3) is 0 Å². The van der Waals surface area contributed by atoms with E-state index in [0.717, 1.165) is 0 Å². The SMILES string of the molecule is O=C(c1ccc(Cl)cc1)c1ccccc1S(=O)(=O)O. The Hall–Kier alpha value is -1.69. The molecule has 0 unspecified atom stereocenters. The zero-order valence-corrected chi connectivity index (χ0v) is 11.1. The van der Waals surface area contributed by atoms with E-state index in [9.17, 15) is 13.2 Å². The molecule has 0 atom stereocenters. The van der Waals surface area contributed by atoms with Gasteiger partial charge in [0.25, 0.3) is 10.1 Å². The van der Waals surface area contributed by atoms with Crippen LogP contribution < -0.4 is 0 Å². The Kier molecular flexibility index (Phi) is 3.71. The minimum atomic E-state index is -4.44. The second-order valence-corrected chi connectivity index (χ2v) is 5.63. The van der Waals surface area contributed by atoms with Gasteiger partial charge in [0.1, 0.15) is 4.90 Å². The van der Waals surface area contributed by atoms with Crippen molar-refractivity contribution in [1.29, 1.82) is 0 Å². The standard InChI is InChI=1S/C13H9ClO4S/c14-10-7-5-9(6-8-10)13(15)11-3-1-2-4-12(11)19(16,17)18/h1-8H,(H,16,17,18). The summed E-state index contributed by atoms with van der Waals surface area (Å²) in [5.74, 6) is -0.495. The maximum atomic E-state index is 12.2. The van der Waals surface area contributed by atoms with E-state index in [2.05, 4.69) is 0 Å². The zero-order valence-electron chi connectivity index (χ0n) is 9.58. The van der Waals surface area contributed by atoms with Crippen LogP contribution in [-0.2, 0) is 10.1 Å². The van der Waals surface area contributed by atoms with Crippen molar-refractivity contribution in [2.45, 2.75) is 4.90 Å². The van der Waals surface area contributed by atoms with Gasteiger partial charge in [0.15, 0.2) is 5.78 Å². The van der Waals surface area contributed by atoms with Crippen LogP contribution in [0.15, 0.2) is 53.4 Å². The number of hydrogen-bond donors (Lipinski definition) is 1. The molecule has 0 saturated heterocycles. The summed E-state index contributed by atoms with van der Waals surface area (Å²) in [4.78, 5) is 11.8. The number of ketones is 1. The van der Waals surface area contributed by atoms with E-state index in [0.29, 0.717) is 10.6 Å². The molecule has 6 heteroatoms. The molecule has 0 saturated carbocycles. The lowest BCUT2D eigenvalue weighted by atomic mass is 10.0. The van der Waals surface area contributed by atoms with Crippen LogP contribution in [0, 0.1) is 0 Å². The van der Waals surface area contributed by atoms with Crippen molar-refractivity contribution in [2.75, 3.05) is 0 Å². The van der Waals surface area contributed by atoms with E-state index in [4.69, 9.17) is 16.2 Å². The molecule has 1 N–H and O–H groups in total. The first-order chi connectivity index (χ1) is 8.89. The van der Waals surface area contributed by atoms with Gasteiger partial charge in [0.05, 0.1) is 0 Å². The van der Waals surface area contributed by atoms with Crippen LogP contribution in [0.2, 0.25) is 5.02 Å². The lowest BCUT2D eigenvalue weighted by molar-refractivity contribution is 0.103. The third-order valence-corrected chi connectivity index (χ3v) is 3.68. The van der Waals surface area contributed by atoms with Crippen molar-refractivity contribution in [2.24, 2.45) is 0 Å². The molecule has 2 aromatic carbocycles. The predicted octanol–water partition coefficient (Wildman–Crippen LogP) is 2.82. The normalized spacial score (nSPS) is 11.3. The van der Waals surface area contributed by atoms with Crippen LogP contribution in [0.4, 0.5) is 0 Å². The van der Waals surface area contributed by atoms with Gasteiger partial charge in [0, 0.05) is 16.1 Å². The van der Waals surface area contributed by atoms with E-state index in [1.54, 1.807) is 0 Å². The van der Waals surface area contributed by atoms with Gasteiger partial charge in [-0.05, 0) is 36.4 Å². The second-order valence-electron chi connectivity index (χ2n) is 3.81. The summed E-state index contributed by atoms with van der Waals surface area (Å²) in [7, 11) is -4.44. The highest BCUT2D eigenvalue weighted by molar-refractivity contribution is 7.86. The molecule has 0 aliphatic carbocycles. The van der Waals surface area contributed by atoms with Crippen molar-refractivity contribution >= 4 is 27.5 Å². The second kappa shape index (κ2) is 5.13. The van der Waals surface area contributed by atoms with Gasteiger partial charge in [-0.2, -0.15) is 8.42 Å². The summed E-state index contributed by atoms with van der Waals surface area (Å²) < 4.78 is 31.6. The first-order valence-corrected chi connectivity index (χ1v) is 7.08. The number of hydrogen-bond acceptors (Lipinski definition) is 3. The summed E-state index contributed by atoms with van der Waals surface area (Å²) in [6.07, 6.45) is 0. The number of carbonyl (C=O) groups is 1. The highest BCUT2D eigenvalue weighted by Crippen LogP contribution is 2.20. The zero-order chi connectivity index (χ0) is 14.0. The van der Waals surface area contributed by atoms with Gasteiger partial charge in [-0.15, -0.1) is 0 Å². The fourth-order valence-corrected chi connectivity index (χ4v) is 2.45. The molecule has 0 fully saturated rings. The minimum absolute atomic E-state index is 0.0766. The van der Waals surface area contributed by atoms with Gasteiger partial charge in [-0.3, -0.25) is 9.35 Å². The van der Waals surface area contributed by atoms with Gasteiger partial charge in [-0.25, -0.2) is 0 Å². The third-order valence-electron chi connectivity index (χ3n) is 2.52. The van der Waals surface area contributed by atoms with E-state index in [1.165, 1.54) is 48.5 Å². The molecule has 0 radical (unpaired) electrons. The maximum absolute atomic E-state index is 12.2. The minimum Gasteiger partial charge on any atom is -0.289 e. The van der Waals surface area contributed by atoms with E-state index in [1.807, 2.05) is 0 Å². The lowest BCUT2D eigenvalue weighted by Crippen LogP contribution is -2.09. The lowest BCUT2D eigenvalue weighted by Gasteiger charge is -2.06. The smallest absolute Gasteiger partial charge is 0.289 e. The Morgan fingerprint density at radius 1 is 1.00 bits per heavy atom. The summed E-state index contributed by atoms with van der Waals surface area (Å²) in [6.45, 7) is 0. The molecule has 4 nitrogen and oxygen atoms in total. The molecule has 19 heavy (non-hydrogen) atoms. The Balaban J connectivity index is 2.54. The molecule has 0 bridgehead atoms. The fraction of sp³-hybridized carbons (Fsp3) is 0. The molecule has 0 amide bonds. The van der Waals surface area contributed by atoms with Crippen LogP contribution in [0.1, 0.15) is 15.9 Å². The molecule has 2 aromatic rings. The quantitative estimate of drug-likeness (QED) is 0.698. The van der Waals surface area contributed by atoms with E-state index < -0.39 is 20.8 Å². The molecule has 0 aliphatic heterocycles. The average Bonchev–Trinajstić information content (AvgIpc) is 2.38. The molecule has 0 aromatic heterocycles. The highest BCUT2D eigenvalue weighted by Gasteiger charge is 2.20. The van der Waals surface area contributed by atoms with Gasteiger partial charge in [-0.1, -0.05) is 23.7 Å². The van der Waals surface area contributed by atoms with Crippen molar-refractivity contribution in [3.05, 3.63) is 64.7 Å². The first-order valence-electron chi connectivity index (χ1n) is 5.26. The molecule has 98 valence electrons. The largest absolute Gasteiger partial charge is 0.295 e. The van der Waals surface area contributed by atoms with Gasteiger partial charge in [0.2, 0.25) is 0 Å². The number of carbonyl (C=O) groups excluding carboxylic acids is 1. The Labute approximate surface area is 115 Å². The molecular weight excluding hydrogens is 288 g/mol. The molecular formula is C13H9ClO4S. The Bertz CT molecular complexity index is 721.